The Balaban J connectivity index is 1.89. The molecular weight excluding hydrogens is 391 g/mol. The number of hydrogen-bond donors (Lipinski definition) is 1. The van der Waals surface area contributed by atoms with Gasteiger partial charge in [0.2, 0.25) is 10.0 Å². The van der Waals surface area contributed by atoms with Gasteiger partial charge in [-0.2, -0.15) is 0 Å². The molecule has 2 aromatic rings. The number of nitrogens with zero attached hydrogens (tertiary/aromatic N) is 1. The fraction of sp³-hybridized carbons (Fsp3) is 0.333. The zero-order chi connectivity index (χ0) is 19.7. The van der Waals surface area contributed by atoms with E-state index in [0.717, 1.165) is 17.7 Å². The molecule has 0 radical (unpaired) electrons. The smallest absolute Gasteiger partial charge is 0.261 e. The number of fused-ring (bicyclic) bond motifs is 1. The summed E-state index contributed by atoms with van der Waals surface area (Å²) >= 11 is 0. The number of hydrogen-bond acceptors (Lipinski definition) is 4. The van der Waals surface area contributed by atoms with Crippen molar-refractivity contribution in [2.45, 2.75) is 31.1 Å². The molecule has 0 saturated carbocycles. The molecule has 0 aromatic heterocycles. The SMILES string of the molecule is CCCS(=O)(=O)N1CCCc2cc(NS(=O)(=O)c3ccc(F)cc3)ccc21. The Morgan fingerprint density at radius 1 is 1.07 bits per heavy atom. The van der Waals surface area contributed by atoms with E-state index in [0.29, 0.717) is 37.2 Å². The molecule has 1 heterocycles. The van der Waals surface area contributed by atoms with E-state index < -0.39 is 25.9 Å². The van der Waals surface area contributed by atoms with Crippen molar-refractivity contribution < 1.29 is 21.2 Å². The van der Waals surface area contributed by atoms with Crippen molar-refractivity contribution in [2.24, 2.45) is 0 Å². The van der Waals surface area contributed by atoms with Crippen LogP contribution in [-0.2, 0) is 26.5 Å². The third-order valence-corrected chi connectivity index (χ3v) is 7.70. The Bertz CT molecular complexity index is 1040. The lowest BCUT2D eigenvalue weighted by atomic mass is 10.0. The molecule has 1 N–H and O–H groups in total. The minimum atomic E-state index is -3.86. The zero-order valence-corrected chi connectivity index (χ0v) is 16.5. The summed E-state index contributed by atoms with van der Waals surface area (Å²) < 4.78 is 66.7. The molecule has 1 aliphatic heterocycles. The number of aryl methyl sites for hydroxylation is 1. The van der Waals surface area contributed by atoms with Crippen molar-refractivity contribution in [3.8, 4) is 0 Å². The Morgan fingerprint density at radius 3 is 2.44 bits per heavy atom. The number of nitrogens with one attached hydrogen (secondary N) is 1. The maximum absolute atomic E-state index is 13.0. The molecule has 146 valence electrons. The van der Waals surface area contributed by atoms with E-state index >= 15 is 0 Å². The van der Waals surface area contributed by atoms with E-state index in [1.54, 1.807) is 18.2 Å². The van der Waals surface area contributed by atoms with E-state index in [4.69, 9.17) is 0 Å². The molecule has 9 heteroatoms. The lowest BCUT2D eigenvalue weighted by Crippen LogP contribution is -2.37. The van der Waals surface area contributed by atoms with Crippen molar-refractivity contribution in [1.29, 1.82) is 0 Å². The second-order valence-corrected chi connectivity index (χ2v) is 10.1. The van der Waals surface area contributed by atoms with E-state index in [-0.39, 0.29) is 10.6 Å². The number of halogens is 1. The molecule has 0 spiro atoms. The number of sulfonamides is 2. The maximum Gasteiger partial charge on any atom is 0.261 e. The average Bonchev–Trinajstić information content (AvgIpc) is 2.61. The Labute approximate surface area is 159 Å². The normalized spacial score (nSPS) is 14.7. The Kier molecular flexibility index (Phi) is 5.43. The maximum atomic E-state index is 13.0. The van der Waals surface area contributed by atoms with Crippen molar-refractivity contribution in [3.05, 3.63) is 53.8 Å². The number of anilines is 2. The second-order valence-electron chi connectivity index (χ2n) is 6.39. The van der Waals surface area contributed by atoms with E-state index in [1.165, 1.54) is 16.4 Å². The van der Waals surface area contributed by atoms with Gasteiger partial charge in [-0.05, 0) is 67.3 Å². The molecule has 0 fully saturated rings. The highest BCUT2D eigenvalue weighted by atomic mass is 32.2. The molecule has 6 nitrogen and oxygen atoms in total. The van der Waals surface area contributed by atoms with Gasteiger partial charge < -0.3 is 0 Å². The van der Waals surface area contributed by atoms with E-state index in [2.05, 4.69) is 4.72 Å². The first kappa shape index (κ1) is 19.6. The number of rotatable bonds is 6. The molecule has 27 heavy (non-hydrogen) atoms. The molecule has 2 aromatic carbocycles. The molecule has 0 aliphatic carbocycles. The Morgan fingerprint density at radius 2 is 1.78 bits per heavy atom. The van der Waals surface area contributed by atoms with Gasteiger partial charge >= 0.3 is 0 Å². The quantitative estimate of drug-likeness (QED) is 0.790. The third-order valence-electron chi connectivity index (χ3n) is 4.33. The van der Waals surface area contributed by atoms with Crippen LogP contribution in [0.3, 0.4) is 0 Å². The predicted octanol–water partition coefficient (Wildman–Crippen LogP) is 3.12. The van der Waals surface area contributed by atoms with Crippen LogP contribution in [0.15, 0.2) is 47.4 Å². The summed E-state index contributed by atoms with van der Waals surface area (Å²) in [5, 5.41) is 0. The van der Waals surface area contributed by atoms with Crippen molar-refractivity contribution in [2.75, 3.05) is 21.3 Å². The van der Waals surface area contributed by atoms with Gasteiger partial charge in [-0.25, -0.2) is 21.2 Å². The lowest BCUT2D eigenvalue weighted by Gasteiger charge is -2.30. The summed E-state index contributed by atoms with van der Waals surface area (Å²) in [5.41, 5.74) is 1.72. The lowest BCUT2D eigenvalue weighted by molar-refractivity contribution is 0.585. The van der Waals surface area contributed by atoms with Crippen molar-refractivity contribution >= 4 is 31.4 Å². The van der Waals surface area contributed by atoms with E-state index in [9.17, 15) is 21.2 Å². The van der Waals surface area contributed by atoms with Crippen LogP contribution in [0, 0.1) is 5.82 Å². The molecule has 1 aliphatic rings. The van der Waals surface area contributed by atoms with Crippen LogP contribution in [0.5, 0.6) is 0 Å². The Hall–Kier alpha value is -2.13. The number of benzene rings is 2. The summed E-state index contributed by atoms with van der Waals surface area (Å²) in [6.07, 6.45) is 1.87. The van der Waals surface area contributed by atoms with Gasteiger partial charge in [0.05, 0.1) is 16.3 Å². The van der Waals surface area contributed by atoms with Crippen LogP contribution >= 0.6 is 0 Å². The van der Waals surface area contributed by atoms with Crippen molar-refractivity contribution in [1.82, 2.24) is 0 Å². The molecule has 0 saturated heterocycles. The minimum Gasteiger partial charge on any atom is -0.280 e. The minimum absolute atomic E-state index is 0.0474. The molecular formula is C18H21FN2O4S2. The fourth-order valence-electron chi connectivity index (χ4n) is 3.11. The molecule has 0 unspecified atom stereocenters. The largest absolute Gasteiger partial charge is 0.280 e. The average molecular weight is 413 g/mol. The highest BCUT2D eigenvalue weighted by Gasteiger charge is 2.27. The summed E-state index contributed by atoms with van der Waals surface area (Å²) in [5.74, 6) is -0.443. The molecule has 3 rings (SSSR count). The van der Waals surface area contributed by atoms with Gasteiger partial charge in [0.1, 0.15) is 5.82 Å². The van der Waals surface area contributed by atoms with Crippen LogP contribution in [0.1, 0.15) is 25.3 Å². The standard InChI is InChI=1S/C18H21FN2O4S2/c1-2-12-26(22,23)21-11-3-4-14-13-16(7-10-18(14)21)20-27(24,25)17-8-5-15(19)6-9-17/h5-10,13,20H,2-4,11-12H2,1H3. The topological polar surface area (TPSA) is 83.6 Å². The monoisotopic (exact) mass is 412 g/mol. The molecule has 0 atom stereocenters. The zero-order valence-electron chi connectivity index (χ0n) is 14.9. The van der Waals surface area contributed by atoms with Crippen LogP contribution in [0.2, 0.25) is 0 Å². The summed E-state index contributed by atoms with van der Waals surface area (Å²) in [6, 6.07) is 9.37. The van der Waals surface area contributed by atoms with Crippen LogP contribution in [0.25, 0.3) is 0 Å². The van der Waals surface area contributed by atoms with Gasteiger partial charge in [-0.1, -0.05) is 6.92 Å². The van der Waals surface area contributed by atoms with Gasteiger partial charge in [0, 0.05) is 12.2 Å². The second kappa shape index (κ2) is 7.47. The highest BCUT2D eigenvalue weighted by Crippen LogP contribution is 2.32. The summed E-state index contributed by atoms with van der Waals surface area (Å²) in [7, 11) is -7.24. The van der Waals surface area contributed by atoms with E-state index in [1.807, 2.05) is 6.92 Å². The molecule has 0 bridgehead atoms. The van der Waals surface area contributed by atoms with Gasteiger partial charge in [0.25, 0.3) is 10.0 Å². The van der Waals surface area contributed by atoms with Gasteiger partial charge in [-0.15, -0.1) is 0 Å². The van der Waals surface area contributed by atoms with Gasteiger partial charge in [-0.3, -0.25) is 9.03 Å². The van der Waals surface area contributed by atoms with Gasteiger partial charge in [0.15, 0.2) is 0 Å². The van der Waals surface area contributed by atoms with Crippen LogP contribution in [0.4, 0.5) is 15.8 Å². The fourth-order valence-corrected chi connectivity index (χ4v) is 5.78. The first-order chi connectivity index (χ1) is 12.7. The third kappa shape index (κ3) is 4.24. The van der Waals surface area contributed by atoms with Crippen molar-refractivity contribution in [3.63, 3.8) is 0 Å². The van der Waals surface area contributed by atoms with Crippen LogP contribution < -0.4 is 9.03 Å². The highest BCUT2D eigenvalue weighted by molar-refractivity contribution is 7.93. The predicted molar refractivity (Wildman–Crippen MR) is 103 cm³/mol. The van der Waals surface area contributed by atoms with Crippen LogP contribution in [-0.4, -0.2) is 29.1 Å². The molecule has 0 amide bonds. The first-order valence-corrected chi connectivity index (χ1v) is 11.7. The first-order valence-electron chi connectivity index (χ1n) is 8.65. The summed E-state index contributed by atoms with van der Waals surface area (Å²) in [6.45, 7) is 2.24. The summed E-state index contributed by atoms with van der Waals surface area (Å²) in [4.78, 5) is -0.0474.